The fourth-order valence-corrected chi connectivity index (χ4v) is 2.65. The molecule has 1 aliphatic carbocycles. The molecule has 0 aliphatic heterocycles. The topological polar surface area (TPSA) is 59.3 Å². The number of nitrogens with one attached hydrogen (secondary N) is 1. The van der Waals surface area contributed by atoms with Crippen molar-refractivity contribution in [2.24, 2.45) is 5.92 Å². The average molecular weight is 334 g/mol. The molecule has 1 saturated carbocycles. The second kappa shape index (κ2) is 6.02. The van der Waals surface area contributed by atoms with Gasteiger partial charge in [0.2, 0.25) is 5.91 Å². The van der Waals surface area contributed by atoms with E-state index in [1.807, 2.05) is 6.07 Å². The predicted octanol–water partition coefficient (Wildman–Crippen LogP) is 3.26. The third kappa shape index (κ3) is 3.09. The molecule has 0 saturated heterocycles. The van der Waals surface area contributed by atoms with Crippen LogP contribution in [-0.2, 0) is 4.79 Å². The van der Waals surface area contributed by atoms with E-state index in [1.54, 1.807) is 35.8 Å². The van der Waals surface area contributed by atoms with Crippen LogP contribution in [0, 0.1) is 23.6 Å². The van der Waals surface area contributed by atoms with E-state index < -0.39 is 5.82 Å². The van der Waals surface area contributed by atoms with Crippen LogP contribution in [0.5, 0.6) is 0 Å². The standard InChI is InChI=1S/C19H15FN4O/c1-2-3-14-9-16(17(20)11-21-14)13-6-7-24-15(8-13)10-18(23-24)22-19(25)12-4-5-12/h6-12H,4-5H2,1H3,(H,22,23,25). The minimum atomic E-state index is -0.409. The summed E-state index contributed by atoms with van der Waals surface area (Å²) < 4.78 is 15.8. The van der Waals surface area contributed by atoms with Gasteiger partial charge in [0.25, 0.3) is 0 Å². The Hall–Kier alpha value is -3.20. The molecule has 0 radical (unpaired) electrons. The van der Waals surface area contributed by atoms with Gasteiger partial charge in [-0.1, -0.05) is 5.92 Å². The lowest BCUT2D eigenvalue weighted by atomic mass is 10.1. The summed E-state index contributed by atoms with van der Waals surface area (Å²) in [5.74, 6) is 5.80. The molecular weight excluding hydrogens is 319 g/mol. The Morgan fingerprint density at radius 3 is 2.96 bits per heavy atom. The summed E-state index contributed by atoms with van der Waals surface area (Å²) in [6, 6.07) is 6.99. The predicted molar refractivity (Wildman–Crippen MR) is 92.3 cm³/mol. The second-order valence-electron chi connectivity index (χ2n) is 6.00. The summed E-state index contributed by atoms with van der Waals surface area (Å²) in [6.45, 7) is 1.71. The summed E-state index contributed by atoms with van der Waals surface area (Å²) in [5, 5.41) is 7.14. The minimum absolute atomic E-state index is 0.00610. The molecule has 4 rings (SSSR count). The Bertz CT molecular complexity index is 1040. The minimum Gasteiger partial charge on any atom is -0.309 e. The third-order valence-electron chi connectivity index (χ3n) is 4.08. The lowest BCUT2D eigenvalue weighted by Crippen LogP contribution is -2.13. The van der Waals surface area contributed by atoms with E-state index in [0.29, 0.717) is 22.6 Å². The van der Waals surface area contributed by atoms with Gasteiger partial charge in [-0.2, -0.15) is 5.10 Å². The van der Waals surface area contributed by atoms with E-state index in [-0.39, 0.29) is 11.8 Å². The maximum absolute atomic E-state index is 14.2. The fraction of sp³-hybridized carbons (Fsp3) is 0.211. The van der Waals surface area contributed by atoms with Crippen molar-refractivity contribution in [2.45, 2.75) is 19.8 Å². The first-order chi connectivity index (χ1) is 12.1. The van der Waals surface area contributed by atoms with Gasteiger partial charge in [0.05, 0.1) is 11.7 Å². The smallest absolute Gasteiger partial charge is 0.228 e. The van der Waals surface area contributed by atoms with Crippen LogP contribution >= 0.6 is 0 Å². The Morgan fingerprint density at radius 2 is 2.20 bits per heavy atom. The highest BCUT2D eigenvalue weighted by molar-refractivity contribution is 5.93. The van der Waals surface area contributed by atoms with Crippen molar-refractivity contribution in [1.29, 1.82) is 0 Å². The maximum Gasteiger partial charge on any atom is 0.228 e. The maximum atomic E-state index is 14.2. The van der Waals surface area contributed by atoms with Gasteiger partial charge >= 0.3 is 0 Å². The molecule has 0 atom stereocenters. The van der Waals surface area contributed by atoms with Crippen LogP contribution in [0.15, 0.2) is 36.7 Å². The SMILES string of the molecule is CC#Cc1cc(-c2ccn3nc(NC(=O)C4CC4)cc3c2)c(F)cn1. The van der Waals surface area contributed by atoms with Gasteiger partial charge in [0, 0.05) is 23.7 Å². The number of pyridine rings is 2. The van der Waals surface area contributed by atoms with Crippen molar-refractivity contribution in [3.63, 3.8) is 0 Å². The largest absolute Gasteiger partial charge is 0.309 e. The van der Waals surface area contributed by atoms with Crippen molar-refractivity contribution in [3.05, 3.63) is 48.2 Å². The third-order valence-corrected chi connectivity index (χ3v) is 4.08. The molecule has 3 heterocycles. The lowest BCUT2D eigenvalue weighted by Gasteiger charge is -2.04. The van der Waals surface area contributed by atoms with Crippen LogP contribution in [-0.4, -0.2) is 20.5 Å². The van der Waals surface area contributed by atoms with Crippen LogP contribution in [0.1, 0.15) is 25.5 Å². The number of halogens is 1. The highest BCUT2D eigenvalue weighted by atomic mass is 19.1. The number of aromatic nitrogens is 3. The number of fused-ring (bicyclic) bond motifs is 1. The number of carbonyl (C=O) groups is 1. The van der Waals surface area contributed by atoms with Crippen LogP contribution in [0.4, 0.5) is 10.2 Å². The van der Waals surface area contributed by atoms with Crippen LogP contribution in [0.3, 0.4) is 0 Å². The van der Waals surface area contributed by atoms with Crippen molar-refractivity contribution >= 4 is 17.2 Å². The van der Waals surface area contributed by atoms with E-state index in [1.165, 1.54) is 6.20 Å². The van der Waals surface area contributed by atoms with Gasteiger partial charge in [0.1, 0.15) is 11.5 Å². The van der Waals surface area contributed by atoms with Gasteiger partial charge in [-0.3, -0.25) is 4.79 Å². The molecule has 5 nitrogen and oxygen atoms in total. The van der Waals surface area contributed by atoms with Crippen molar-refractivity contribution in [2.75, 3.05) is 5.32 Å². The van der Waals surface area contributed by atoms with Crippen LogP contribution in [0.2, 0.25) is 0 Å². The molecule has 1 N–H and O–H groups in total. The van der Waals surface area contributed by atoms with Crippen LogP contribution in [0.25, 0.3) is 16.6 Å². The van der Waals surface area contributed by atoms with E-state index in [0.717, 1.165) is 18.4 Å². The number of hydrogen-bond acceptors (Lipinski definition) is 3. The quantitative estimate of drug-likeness (QED) is 0.748. The van der Waals surface area contributed by atoms with Crippen molar-refractivity contribution < 1.29 is 9.18 Å². The Balaban J connectivity index is 1.69. The first-order valence-corrected chi connectivity index (χ1v) is 8.03. The van der Waals surface area contributed by atoms with E-state index in [9.17, 15) is 9.18 Å². The highest BCUT2D eigenvalue weighted by Gasteiger charge is 2.30. The van der Waals surface area contributed by atoms with Gasteiger partial charge in [0.15, 0.2) is 5.82 Å². The molecule has 1 fully saturated rings. The summed E-state index contributed by atoms with van der Waals surface area (Å²) in [7, 11) is 0. The van der Waals surface area contributed by atoms with Gasteiger partial charge in [-0.05, 0) is 49.4 Å². The van der Waals surface area contributed by atoms with Gasteiger partial charge in [-0.15, -0.1) is 0 Å². The average Bonchev–Trinajstić information content (AvgIpc) is 3.37. The van der Waals surface area contributed by atoms with E-state index in [4.69, 9.17) is 0 Å². The molecule has 1 amide bonds. The van der Waals surface area contributed by atoms with Gasteiger partial charge in [-0.25, -0.2) is 13.9 Å². The molecule has 0 unspecified atom stereocenters. The lowest BCUT2D eigenvalue weighted by molar-refractivity contribution is -0.117. The number of carbonyl (C=O) groups excluding carboxylic acids is 1. The highest BCUT2D eigenvalue weighted by Crippen LogP contribution is 2.30. The summed E-state index contributed by atoms with van der Waals surface area (Å²) in [4.78, 5) is 15.8. The van der Waals surface area contributed by atoms with Crippen molar-refractivity contribution in [3.8, 4) is 23.0 Å². The zero-order valence-electron chi connectivity index (χ0n) is 13.6. The molecule has 124 valence electrons. The number of amides is 1. The number of nitrogens with zero attached hydrogens (tertiary/aromatic N) is 3. The van der Waals surface area contributed by atoms with E-state index in [2.05, 4.69) is 27.2 Å². The Labute approximate surface area is 143 Å². The molecule has 0 spiro atoms. The molecule has 0 bridgehead atoms. The zero-order valence-corrected chi connectivity index (χ0v) is 13.6. The monoisotopic (exact) mass is 334 g/mol. The zero-order chi connectivity index (χ0) is 17.4. The molecule has 6 heteroatoms. The van der Waals surface area contributed by atoms with Crippen LogP contribution < -0.4 is 5.32 Å². The number of rotatable bonds is 3. The molecular formula is C19H15FN4O. The molecule has 3 aromatic heterocycles. The summed E-state index contributed by atoms with van der Waals surface area (Å²) >= 11 is 0. The fourth-order valence-electron chi connectivity index (χ4n) is 2.65. The Kier molecular flexibility index (Phi) is 3.69. The Morgan fingerprint density at radius 1 is 1.36 bits per heavy atom. The second-order valence-corrected chi connectivity index (χ2v) is 6.00. The molecule has 1 aliphatic rings. The normalized spacial score (nSPS) is 13.4. The van der Waals surface area contributed by atoms with Gasteiger partial charge < -0.3 is 5.32 Å². The number of anilines is 1. The molecule has 25 heavy (non-hydrogen) atoms. The first-order valence-electron chi connectivity index (χ1n) is 8.03. The summed E-state index contributed by atoms with van der Waals surface area (Å²) in [5.41, 5.74) is 2.42. The van der Waals surface area contributed by atoms with E-state index >= 15 is 0 Å². The summed E-state index contributed by atoms with van der Waals surface area (Å²) in [6.07, 6.45) is 4.79. The number of hydrogen-bond donors (Lipinski definition) is 1. The molecule has 3 aromatic rings. The van der Waals surface area contributed by atoms with Crippen molar-refractivity contribution in [1.82, 2.24) is 14.6 Å². The molecule has 0 aromatic carbocycles. The first kappa shape index (κ1) is 15.3.